The largest absolute Gasteiger partial charge is 0.493 e. The Morgan fingerprint density at radius 2 is 1.87 bits per heavy atom. The monoisotopic (exact) mass is 409 g/mol. The number of likely N-dealkylation sites (N-methyl/N-ethyl adjacent to an activating group) is 1. The van der Waals surface area contributed by atoms with Crippen molar-refractivity contribution < 1.29 is 14.3 Å². The number of nitrogens with zero attached hydrogens (tertiary/aromatic N) is 2. The normalized spacial score (nSPS) is 16.9. The van der Waals surface area contributed by atoms with Crippen LogP contribution in [0.25, 0.3) is 0 Å². The van der Waals surface area contributed by atoms with E-state index in [4.69, 9.17) is 9.47 Å². The molecule has 2 aliphatic heterocycles. The molecule has 0 radical (unpaired) electrons. The van der Waals surface area contributed by atoms with Crippen molar-refractivity contribution in [3.63, 3.8) is 0 Å². The van der Waals surface area contributed by atoms with Gasteiger partial charge in [-0.2, -0.15) is 0 Å². The van der Waals surface area contributed by atoms with Gasteiger partial charge in [-0.05, 0) is 61.7 Å². The summed E-state index contributed by atoms with van der Waals surface area (Å²) >= 11 is 0. The second-order valence-electron chi connectivity index (χ2n) is 8.06. The first-order valence-electron chi connectivity index (χ1n) is 10.8. The highest BCUT2D eigenvalue weighted by atomic mass is 16.5. The van der Waals surface area contributed by atoms with E-state index >= 15 is 0 Å². The van der Waals surface area contributed by atoms with Gasteiger partial charge in [0.15, 0.2) is 18.1 Å². The number of fused-ring (bicyclic) bond motifs is 1. The Morgan fingerprint density at radius 1 is 1.10 bits per heavy atom. The first-order valence-corrected chi connectivity index (χ1v) is 10.8. The molecular formula is C24H31N3O3. The highest BCUT2D eigenvalue weighted by Crippen LogP contribution is 2.32. The number of para-hydroxylation sites is 2. The Bertz CT molecular complexity index is 880. The summed E-state index contributed by atoms with van der Waals surface area (Å²) in [5.41, 5.74) is 4.02. The van der Waals surface area contributed by atoms with Gasteiger partial charge in [0.2, 0.25) is 0 Å². The molecule has 2 aliphatic rings. The lowest BCUT2D eigenvalue weighted by atomic mass is 10.0. The maximum Gasteiger partial charge on any atom is 0.258 e. The lowest BCUT2D eigenvalue weighted by Gasteiger charge is -2.29. The third-order valence-electron chi connectivity index (χ3n) is 6.12. The minimum atomic E-state index is -0.119. The van der Waals surface area contributed by atoms with Gasteiger partial charge in [-0.15, -0.1) is 0 Å². The molecule has 1 amide bonds. The number of anilines is 1. The topological polar surface area (TPSA) is 54.0 Å². The molecular weight excluding hydrogens is 378 g/mol. The van der Waals surface area contributed by atoms with Crippen molar-refractivity contribution >= 4 is 11.6 Å². The van der Waals surface area contributed by atoms with Crippen LogP contribution in [0.5, 0.6) is 11.5 Å². The van der Waals surface area contributed by atoms with E-state index in [1.165, 1.54) is 29.7 Å². The van der Waals surface area contributed by atoms with E-state index in [0.29, 0.717) is 18.0 Å². The molecule has 6 nitrogen and oxygen atoms in total. The predicted octanol–water partition coefficient (Wildman–Crippen LogP) is 3.02. The van der Waals surface area contributed by atoms with E-state index < -0.39 is 0 Å². The second-order valence-corrected chi connectivity index (χ2v) is 8.06. The third kappa shape index (κ3) is 4.54. The fourth-order valence-corrected chi connectivity index (χ4v) is 4.45. The van der Waals surface area contributed by atoms with Gasteiger partial charge in [0.1, 0.15) is 0 Å². The van der Waals surface area contributed by atoms with Crippen LogP contribution in [0.3, 0.4) is 0 Å². The third-order valence-corrected chi connectivity index (χ3v) is 6.12. The number of ether oxygens (including phenoxy) is 2. The standard InChI is InChI=1S/C24H31N3O3/c1-26-14-11-19-15-18(9-10-20(19)26)21(27-12-5-6-13-27)16-25-24(28)17-30-23-8-4-3-7-22(23)29-2/h3-4,7-10,15,21H,5-6,11-14,16-17H2,1-2H3,(H,25,28)/t21-/m0/s1. The number of nitrogens with one attached hydrogen (secondary N) is 1. The fourth-order valence-electron chi connectivity index (χ4n) is 4.45. The molecule has 4 rings (SSSR count). The fraction of sp³-hybridized carbons (Fsp3) is 0.458. The zero-order valence-corrected chi connectivity index (χ0v) is 17.9. The van der Waals surface area contributed by atoms with E-state index in [1.807, 2.05) is 18.2 Å². The minimum Gasteiger partial charge on any atom is -0.493 e. The Kier molecular flexibility index (Phi) is 6.43. The molecule has 160 valence electrons. The van der Waals surface area contributed by atoms with Gasteiger partial charge < -0.3 is 19.7 Å². The van der Waals surface area contributed by atoms with Crippen LogP contribution in [0.1, 0.15) is 30.0 Å². The van der Waals surface area contributed by atoms with Crippen molar-refractivity contribution in [3.05, 3.63) is 53.6 Å². The van der Waals surface area contributed by atoms with Crippen molar-refractivity contribution in [2.45, 2.75) is 25.3 Å². The summed E-state index contributed by atoms with van der Waals surface area (Å²) in [5.74, 6) is 1.09. The first-order chi connectivity index (χ1) is 14.7. The first kappa shape index (κ1) is 20.5. The molecule has 1 atom stereocenters. The number of hydrogen-bond acceptors (Lipinski definition) is 5. The number of likely N-dealkylation sites (tertiary alicyclic amines) is 1. The molecule has 0 saturated carbocycles. The summed E-state index contributed by atoms with van der Waals surface area (Å²) in [4.78, 5) is 17.3. The van der Waals surface area contributed by atoms with Crippen LogP contribution in [-0.4, -0.2) is 57.8 Å². The number of amides is 1. The average Bonchev–Trinajstić information content (AvgIpc) is 3.43. The zero-order valence-electron chi connectivity index (χ0n) is 17.9. The molecule has 30 heavy (non-hydrogen) atoms. The summed E-state index contributed by atoms with van der Waals surface area (Å²) < 4.78 is 10.9. The molecule has 0 aliphatic carbocycles. The van der Waals surface area contributed by atoms with E-state index in [0.717, 1.165) is 26.1 Å². The maximum absolute atomic E-state index is 12.5. The number of hydrogen-bond donors (Lipinski definition) is 1. The molecule has 1 saturated heterocycles. The Labute approximate surface area is 178 Å². The van der Waals surface area contributed by atoms with E-state index in [2.05, 4.69) is 40.4 Å². The van der Waals surface area contributed by atoms with Crippen LogP contribution in [0.4, 0.5) is 5.69 Å². The van der Waals surface area contributed by atoms with E-state index in [9.17, 15) is 4.79 Å². The van der Waals surface area contributed by atoms with Gasteiger partial charge in [-0.25, -0.2) is 0 Å². The van der Waals surface area contributed by atoms with Gasteiger partial charge in [-0.1, -0.05) is 24.3 Å². The smallest absolute Gasteiger partial charge is 0.258 e. The van der Waals surface area contributed by atoms with Crippen LogP contribution < -0.4 is 19.7 Å². The molecule has 1 N–H and O–H groups in total. The highest BCUT2D eigenvalue weighted by Gasteiger charge is 2.26. The second kappa shape index (κ2) is 9.39. The summed E-state index contributed by atoms with van der Waals surface area (Å²) in [6, 6.07) is 14.3. The van der Waals surface area contributed by atoms with E-state index in [1.54, 1.807) is 13.2 Å². The average molecular weight is 410 g/mol. The molecule has 0 bridgehead atoms. The van der Waals surface area contributed by atoms with Crippen molar-refractivity contribution in [2.75, 3.05) is 51.8 Å². The molecule has 0 unspecified atom stereocenters. The van der Waals surface area contributed by atoms with Crippen molar-refractivity contribution in [1.82, 2.24) is 10.2 Å². The number of carbonyl (C=O) groups is 1. The summed E-state index contributed by atoms with van der Waals surface area (Å²) in [7, 11) is 3.74. The molecule has 0 aromatic heterocycles. The molecule has 2 aromatic carbocycles. The predicted molar refractivity (Wildman–Crippen MR) is 118 cm³/mol. The number of methoxy groups -OCH3 is 1. The van der Waals surface area contributed by atoms with Gasteiger partial charge in [0.25, 0.3) is 5.91 Å². The number of benzene rings is 2. The van der Waals surface area contributed by atoms with Gasteiger partial charge in [-0.3, -0.25) is 9.69 Å². The van der Waals surface area contributed by atoms with Crippen molar-refractivity contribution in [2.24, 2.45) is 0 Å². The number of carbonyl (C=O) groups excluding carboxylic acids is 1. The lowest BCUT2D eigenvalue weighted by Crippen LogP contribution is -2.38. The summed E-state index contributed by atoms with van der Waals surface area (Å²) in [5, 5.41) is 3.09. The van der Waals surface area contributed by atoms with Gasteiger partial charge in [0, 0.05) is 25.8 Å². The Hall–Kier alpha value is -2.73. The molecule has 1 fully saturated rings. The van der Waals surface area contributed by atoms with Crippen LogP contribution in [-0.2, 0) is 11.2 Å². The van der Waals surface area contributed by atoms with Crippen LogP contribution in [0.2, 0.25) is 0 Å². The van der Waals surface area contributed by atoms with Gasteiger partial charge in [0.05, 0.1) is 13.2 Å². The van der Waals surface area contributed by atoms with Crippen LogP contribution >= 0.6 is 0 Å². The summed E-state index contributed by atoms with van der Waals surface area (Å²) in [6.07, 6.45) is 3.52. The van der Waals surface area contributed by atoms with Crippen molar-refractivity contribution in [3.8, 4) is 11.5 Å². The Balaban J connectivity index is 1.40. The molecule has 2 heterocycles. The van der Waals surface area contributed by atoms with E-state index in [-0.39, 0.29) is 18.6 Å². The maximum atomic E-state index is 12.5. The summed E-state index contributed by atoms with van der Waals surface area (Å²) in [6.45, 7) is 3.79. The van der Waals surface area contributed by atoms with Crippen LogP contribution in [0.15, 0.2) is 42.5 Å². The van der Waals surface area contributed by atoms with Gasteiger partial charge >= 0.3 is 0 Å². The minimum absolute atomic E-state index is 0.0257. The Morgan fingerprint density at radius 3 is 2.63 bits per heavy atom. The molecule has 2 aromatic rings. The molecule has 0 spiro atoms. The zero-order chi connectivity index (χ0) is 20.9. The van der Waals surface area contributed by atoms with Crippen LogP contribution in [0, 0.1) is 0 Å². The number of rotatable bonds is 8. The quantitative estimate of drug-likeness (QED) is 0.726. The molecule has 6 heteroatoms. The SMILES string of the molecule is COc1ccccc1OCC(=O)NC[C@@H](c1ccc2c(c1)CCN2C)N1CCCC1. The highest BCUT2D eigenvalue weighted by molar-refractivity contribution is 5.77. The van der Waals surface area contributed by atoms with Crippen molar-refractivity contribution in [1.29, 1.82) is 0 Å². The lowest BCUT2D eigenvalue weighted by molar-refractivity contribution is -0.123.